The van der Waals surface area contributed by atoms with Gasteiger partial charge in [0.15, 0.2) is 0 Å². The number of carbonyl (C=O) groups excluding carboxylic acids is 4. The number of anilines is 1. The van der Waals surface area contributed by atoms with Gasteiger partial charge in [-0.15, -0.1) is 13.2 Å². The van der Waals surface area contributed by atoms with Gasteiger partial charge in [0.1, 0.15) is 17.7 Å². The number of rotatable bonds is 15. The largest absolute Gasteiger partial charge is 0.455 e. The van der Waals surface area contributed by atoms with Gasteiger partial charge in [0.05, 0.1) is 24.5 Å². The number of fused-ring (bicyclic) bond motifs is 1. The molecule has 0 aliphatic carbocycles. The molecule has 3 saturated heterocycles. The van der Waals surface area contributed by atoms with E-state index in [4.69, 9.17) is 21.1 Å². The third kappa shape index (κ3) is 6.47. The molecule has 2 aromatic carbocycles. The maximum atomic E-state index is 14.5. The Kier molecular flexibility index (Phi) is 10.6. The van der Waals surface area contributed by atoms with Crippen molar-refractivity contribution in [1.29, 1.82) is 0 Å². The van der Waals surface area contributed by atoms with E-state index in [9.17, 15) is 24.3 Å². The normalized spacial score (nSPS) is 25.1. The Morgan fingerprint density at radius 2 is 1.89 bits per heavy atom. The van der Waals surface area contributed by atoms with Gasteiger partial charge in [-0.25, -0.2) is 0 Å². The molecule has 6 atom stereocenters. The van der Waals surface area contributed by atoms with E-state index >= 15 is 0 Å². The first-order valence-corrected chi connectivity index (χ1v) is 16.0. The van der Waals surface area contributed by atoms with Crippen molar-refractivity contribution >= 4 is 41.0 Å². The summed E-state index contributed by atoms with van der Waals surface area (Å²) in [5.41, 5.74) is 0.0236. The number of ether oxygens (including phenoxy) is 2. The Morgan fingerprint density at radius 1 is 1.15 bits per heavy atom. The lowest BCUT2D eigenvalue weighted by atomic mass is 9.70. The molecule has 3 amide bonds. The van der Waals surface area contributed by atoms with Crippen LogP contribution >= 0.6 is 11.6 Å². The summed E-state index contributed by atoms with van der Waals surface area (Å²) in [6, 6.07) is 14.9. The lowest BCUT2D eigenvalue weighted by Gasteiger charge is -2.36. The molecule has 3 fully saturated rings. The fourth-order valence-electron chi connectivity index (χ4n) is 7.04. The van der Waals surface area contributed by atoms with E-state index in [2.05, 4.69) is 18.5 Å². The lowest BCUT2D eigenvalue weighted by molar-refractivity contribution is -0.160. The van der Waals surface area contributed by atoms with E-state index in [-0.39, 0.29) is 56.8 Å². The van der Waals surface area contributed by atoms with Crippen LogP contribution in [0.1, 0.15) is 43.8 Å². The van der Waals surface area contributed by atoms with Crippen LogP contribution in [0.5, 0.6) is 0 Å². The number of amides is 3. The molecule has 3 aliphatic heterocycles. The zero-order valence-corrected chi connectivity index (χ0v) is 26.4. The van der Waals surface area contributed by atoms with Crippen molar-refractivity contribution in [1.82, 2.24) is 10.2 Å². The number of nitrogens with one attached hydrogen (secondary N) is 1. The van der Waals surface area contributed by atoms with Crippen molar-refractivity contribution in [3.8, 4) is 0 Å². The highest BCUT2D eigenvalue weighted by molar-refractivity contribution is 6.30. The van der Waals surface area contributed by atoms with E-state index in [1.165, 1.54) is 9.80 Å². The van der Waals surface area contributed by atoms with Crippen LogP contribution in [0.3, 0.4) is 0 Å². The monoisotopic (exact) mass is 649 g/mol. The van der Waals surface area contributed by atoms with Crippen LogP contribution in [-0.4, -0.2) is 77.7 Å². The molecule has 0 saturated carbocycles. The summed E-state index contributed by atoms with van der Waals surface area (Å²) in [4.78, 5) is 58.1. The van der Waals surface area contributed by atoms with Crippen molar-refractivity contribution in [2.45, 2.75) is 56.0 Å². The highest BCUT2D eigenvalue weighted by Gasteiger charge is 2.75. The Hall–Kier alpha value is -3.99. The minimum atomic E-state index is -1.25. The predicted octanol–water partition coefficient (Wildman–Crippen LogP) is 3.98. The Labute approximate surface area is 274 Å². The summed E-state index contributed by atoms with van der Waals surface area (Å²) >= 11 is 6.11. The second kappa shape index (κ2) is 14.6. The van der Waals surface area contributed by atoms with Crippen LogP contribution in [0.4, 0.5) is 5.69 Å². The second-order valence-electron chi connectivity index (χ2n) is 11.8. The van der Waals surface area contributed by atoms with E-state index in [1.807, 2.05) is 30.3 Å². The van der Waals surface area contributed by atoms with E-state index in [1.54, 1.807) is 36.4 Å². The summed E-state index contributed by atoms with van der Waals surface area (Å²) in [6.45, 7) is 7.63. The van der Waals surface area contributed by atoms with Crippen LogP contribution in [-0.2, 0) is 28.7 Å². The van der Waals surface area contributed by atoms with Gasteiger partial charge in [-0.05, 0) is 55.5 Å². The third-order valence-electron chi connectivity index (χ3n) is 9.07. The molecule has 3 aliphatic rings. The molecule has 46 heavy (non-hydrogen) atoms. The topological polar surface area (TPSA) is 125 Å². The predicted molar refractivity (Wildman–Crippen MR) is 173 cm³/mol. The standard InChI is InChI=1S/C35H40ClN3O7/c1-3-5-12-28(41)37-22-27(23-10-7-6-8-11-23)45-34(44)29-26-17-18-35(46-26)30(29)32(42)39(20-9-21-40)31(35)33(43)38(19-4-2)25-15-13-24(36)14-16-25/h3-4,6-8,10-11,13-16,26-27,29-31,40H,1-2,5,9,12,17-22H2,(H,37,41)/t26-,27+,29+,30+,31-,35+/m0/s1. The highest BCUT2D eigenvalue weighted by atomic mass is 35.5. The van der Waals surface area contributed by atoms with Gasteiger partial charge in [0.25, 0.3) is 5.91 Å². The first-order valence-electron chi connectivity index (χ1n) is 15.7. The molecule has 2 bridgehead atoms. The molecule has 0 aromatic heterocycles. The van der Waals surface area contributed by atoms with E-state index in [0.29, 0.717) is 35.5 Å². The van der Waals surface area contributed by atoms with Gasteiger partial charge in [0.2, 0.25) is 11.8 Å². The zero-order chi connectivity index (χ0) is 32.8. The van der Waals surface area contributed by atoms with Crippen LogP contribution in [0.15, 0.2) is 79.9 Å². The van der Waals surface area contributed by atoms with Crippen LogP contribution in [0.25, 0.3) is 0 Å². The molecule has 0 radical (unpaired) electrons. The lowest BCUT2D eigenvalue weighted by Crippen LogP contribution is -2.56. The van der Waals surface area contributed by atoms with Crippen LogP contribution in [0, 0.1) is 11.8 Å². The zero-order valence-electron chi connectivity index (χ0n) is 25.7. The fraction of sp³-hybridized carbons (Fsp3) is 0.429. The van der Waals surface area contributed by atoms with Crippen molar-refractivity contribution < 1.29 is 33.8 Å². The molecular formula is C35H40ClN3O7. The number of likely N-dealkylation sites (tertiary alicyclic amines) is 1. The quantitative estimate of drug-likeness (QED) is 0.221. The number of hydrogen-bond acceptors (Lipinski definition) is 7. The minimum absolute atomic E-state index is 0.0507. The molecule has 244 valence electrons. The molecule has 10 nitrogen and oxygen atoms in total. The van der Waals surface area contributed by atoms with Gasteiger partial charge >= 0.3 is 5.97 Å². The number of hydrogen-bond donors (Lipinski definition) is 2. The number of esters is 1. The van der Waals surface area contributed by atoms with Crippen molar-refractivity contribution in [3.63, 3.8) is 0 Å². The maximum absolute atomic E-state index is 14.5. The maximum Gasteiger partial charge on any atom is 0.313 e. The van der Waals surface area contributed by atoms with Gasteiger partial charge in [0, 0.05) is 36.8 Å². The van der Waals surface area contributed by atoms with E-state index < -0.39 is 41.7 Å². The number of aliphatic hydroxyl groups is 1. The average molecular weight is 650 g/mol. The first-order chi connectivity index (χ1) is 22.2. The molecule has 0 unspecified atom stereocenters. The molecule has 2 N–H and O–H groups in total. The molecular weight excluding hydrogens is 610 g/mol. The number of carbonyl (C=O) groups is 4. The fourth-order valence-corrected chi connectivity index (χ4v) is 7.17. The Balaban J connectivity index is 1.44. The summed E-state index contributed by atoms with van der Waals surface area (Å²) in [5.74, 6) is -3.44. The van der Waals surface area contributed by atoms with Crippen molar-refractivity contribution in [2.24, 2.45) is 11.8 Å². The molecule has 11 heteroatoms. The molecule has 2 aromatic rings. The van der Waals surface area contributed by atoms with Crippen molar-refractivity contribution in [2.75, 3.05) is 31.1 Å². The summed E-state index contributed by atoms with van der Waals surface area (Å²) in [6.07, 6.45) is 3.75. The summed E-state index contributed by atoms with van der Waals surface area (Å²) in [7, 11) is 0. The number of aliphatic hydroxyl groups excluding tert-OH is 1. The number of allylic oxidation sites excluding steroid dienone is 1. The van der Waals surface area contributed by atoms with E-state index in [0.717, 1.165) is 0 Å². The first kappa shape index (κ1) is 33.4. The molecule has 1 spiro atoms. The molecule has 5 rings (SSSR count). The number of halogens is 1. The minimum Gasteiger partial charge on any atom is -0.455 e. The van der Waals surface area contributed by atoms with Crippen LogP contribution in [0.2, 0.25) is 5.02 Å². The summed E-state index contributed by atoms with van der Waals surface area (Å²) in [5, 5.41) is 13.0. The van der Waals surface area contributed by atoms with Gasteiger partial charge < -0.3 is 29.7 Å². The van der Waals surface area contributed by atoms with Gasteiger partial charge in [-0.3, -0.25) is 19.2 Å². The second-order valence-corrected chi connectivity index (χ2v) is 12.3. The van der Waals surface area contributed by atoms with Gasteiger partial charge in [-0.2, -0.15) is 0 Å². The number of nitrogens with zero attached hydrogens (tertiary/aromatic N) is 2. The molecule has 3 heterocycles. The van der Waals surface area contributed by atoms with Gasteiger partial charge in [-0.1, -0.05) is 54.1 Å². The smallest absolute Gasteiger partial charge is 0.313 e. The van der Waals surface area contributed by atoms with Crippen molar-refractivity contribution in [3.05, 3.63) is 90.5 Å². The third-order valence-corrected chi connectivity index (χ3v) is 9.32. The number of benzene rings is 2. The Bertz CT molecular complexity index is 1450. The Morgan fingerprint density at radius 3 is 2.57 bits per heavy atom. The highest BCUT2D eigenvalue weighted by Crippen LogP contribution is 2.59. The van der Waals surface area contributed by atoms with Crippen LogP contribution < -0.4 is 10.2 Å². The average Bonchev–Trinajstić information content (AvgIpc) is 3.71. The summed E-state index contributed by atoms with van der Waals surface area (Å²) < 4.78 is 12.6. The SMILES string of the molecule is C=CCCC(=O)NC[C@@H](OC(=O)[C@@H]1[C@@H]2CC[C@]3(O2)[C@H](C(=O)N(CC=C)c2ccc(Cl)cc2)N(CCCO)C(=O)[C@@H]13)c1ccccc1.